The van der Waals surface area contributed by atoms with Crippen molar-refractivity contribution in [3.63, 3.8) is 0 Å². The summed E-state index contributed by atoms with van der Waals surface area (Å²) in [5, 5.41) is 8.06. The molecule has 72 valence electrons. The average Bonchev–Trinajstić information content (AvgIpc) is 1.99. The third kappa shape index (κ3) is 3.08. The molecule has 0 fully saturated rings. The number of carbonyl (C=O) groups is 1. The third-order valence-electron chi connectivity index (χ3n) is 1.25. The summed E-state index contributed by atoms with van der Waals surface area (Å²) in [5.41, 5.74) is -2.31. The van der Waals surface area contributed by atoms with Gasteiger partial charge in [0.25, 0.3) is 6.43 Å². The molecule has 1 unspecified atom stereocenters. The van der Waals surface area contributed by atoms with E-state index in [9.17, 15) is 18.0 Å². The Kier molecular flexibility index (Phi) is 4.02. The van der Waals surface area contributed by atoms with Gasteiger partial charge in [-0.2, -0.15) is 0 Å². The van der Waals surface area contributed by atoms with Crippen LogP contribution in [0.4, 0.5) is 13.2 Å². The number of aliphatic carboxylic acids is 1. The SMILES string of the molecule is CC(CF)(OCC(=O)O)C(F)F. The normalized spacial score (nSPS) is 16.1. The molecule has 0 bridgehead atoms. The minimum Gasteiger partial charge on any atom is -0.480 e. The lowest BCUT2D eigenvalue weighted by molar-refractivity contribution is -0.166. The Hall–Kier alpha value is -0.780. The zero-order valence-corrected chi connectivity index (χ0v) is 6.39. The van der Waals surface area contributed by atoms with Crippen LogP contribution in [0.2, 0.25) is 0 Å². The lowest BCUT2D eigenvalue weighted by Gasteiger charge is -2.24. The van der Waals surface area contributed by atoms with Crippen molar-refractivity contribution in [2.45, 2.75) is 19.0 Å². The number of alkyl halides is 3. The van der Waals surface area contributed by atoms with Crippen molar-refractivity contribution in [1.82, 2.24) is 0 Å². The van der Waals surface area contributed by atoms with E-state index < -0.39 is 31.3 Å². The Morgan fingerprint density at radius 2 is 2.17 bits per heavy atom. The zero-order chi connectivity index (χ0) is 9.78. The molecule has 0 aliphatic carbocycles. The molecule has 0 spiro atoms. The largest absolute Gasteiger partial charge is 0.480 e. The highest BCUT2D eigenvalue weighted by atomic mass is 19.3. The van der Waals surface area contributed by atoms with E-state index in [2.05, 4.69) is 4.74 Å². The monoisotopic (exact) mass is 186 g/mol. The van der Waals surface area contributed by atoms with Gasteiger partial charge >= 0.3 is 5.97 Å². The highest BCUT2D eigenvalue weighted by molar-refractivity contribution is 5.68. The zero-order valence-electron chi connectivity index (χ0n) is 6.39. The molecule has 0 aromatic rings. The predicted molar refractivity (Wildman–Crippen MR) is 34.0 cm³/mol. The summed E-state index contributed by atoms with van der Waals surface area (Å²) in [6.07, 6.45) is -3.04. The van der Waals surface area contributed by atoms with E-state index in [1.807, 2.05) is 0 Å². The van der Waals surface area contributed by atoms with Crippen LogP contribution in [0.3, 0.4) is 0 Å². The van der Waals surface area contributed by atoms with Gasteiger partial charge in [0, 0.05) is 0 Å². The summed E-state index contributed by atoms with van der Waals surface area (Å²) in [4.78, 5) is 9.89. The van der Waals surface area contributed by atoms with Crippen LogP contribution in [0, 0.1) is 0 Å². The summed E-state index contributed by atoms with van der Waals surface area (Å²) < 4.78 is 40.1. The van der Waals surface area contributed by atoms with Crippen LogP contribution < -0.4 is 0 Å². The first-order chi connectivity index (χ1) is 5.42. The Labute approximate surface area is 67.1 Å². The van der Waals surface area contributed by atoms with E-state index >= 15 is 0 Å². The Balaban J connectivity index is 4.05. The number of ether oxygens (including phenoxy) is 1. The van der Waals surface area contributed by atoms with E-state index in [0.717, 1.165) is 6.92 Å². The standard InChI is InChI=1S/C6H9F3O3/c1-6(3-7,5(8)9)12-2-4(10)11/h5H,2-3H2,1H3,(H,10,11). The Morgan fingerprint density at radius 1 is 1.67 bits per heavy atom. The van der Waals surface area contributed by atoms with Gasteiger partial charge in [-0.05, 0) is 6.92 Å². The van der Waals surface area contributed by atoms with Crippen molar-refractivity contribution in [2.24, 2.45) is 0 Å². The van der Waals surface area contributed by atoms with Gasteiger partial charge in [0.15, 0.2) is 5.60 Å². The second-order valence-electron chi connectivity index (χ2n) is 2.43. The number of hydrogen-bond donors (Lipinski definition) is 1. The summed E-state index contributed by atoms with van der Waals surface area (Å²) >= 11 is 0. The van der Waals surface area contributed by atoms with E-state index in [1.165, 1.54) is 0 Å². The van der Waals surface area contributed by atoms with Crippen molar-refractivity contribution >= 4 is 5.97 Å². The maximum Gasteiger partial charge on any atom is 0.329 e. The number of halogens is 3. The van der Waals surface area contributed by atoms with Gasteiger partial charge < -0.3 is 9.84 Å². The molecule has 3 nitrogen and oxygen atoms in total. The van der Waals surface area contributed by atoms with Crippen LogP contribution >= 0.6 is 0 Å². The smallest absolute Gasteiger partial charge is 0.329 e. The molecule has 0 aromatic carbocycles. The fraction of sp³-hybridized carbons (Fsp3) is 0.833. The number of hydrogen-bond acceptors (Lipinski definition) is 2. The molecule has 12 heavy (non-hydrogen) atoms. The minimum absolute atomic E-state index is 0.820. The molecule has 0 saturated carbocycles. The van der Waals surface area contributed by atoms with Gasteiger partial charge in [0.2, 0.25) is 0 Å². The van der Waals surface area contributed by atoms with Crippen LogP contribution in [0.15, 0.2) is 0 Å². The topological polar surface area (TPSA) is 46.5 Å². The fourth-order valence-corrected chi connectivity index (χ4v) is 0.386. The minimum atomic E-state index is -3.04. The summed E-state index contributed by atoms with van der Waals surface area (Å²) in [6.45, 7) is -1.52. The predicted octanol–water partition coefficient (Wildman–Crippen LogP) is 1.08. The van der Waals surface area contributed by atoms with E-state index in [4.69, 9.17) is 5.11 Å². The molecule has 0 amide bonds. The first kappa shape index (κ1) is 11.2. The van der Waals surface area contributed by atoms with Gasteiger partial charge in [-0.25, -0.2) is 18.0 Å². The van der Waals surface area contributed by atoms with Crippen molar-refractivity contribution in [2.75, 3.05) is 13.3 Å². The second kappa shape index (κ2) is 4.30. The van der Waals surface area contributed by atoms with Gasteiger partial charge in [0.1, 0.15) is 13.3 Å². The molecule has 0 aliphatic rings. The van der Waals surface area contributed by atoms with Crippen molar-refractivity contribution in [3.05, 3.63) is 0 Å². The molecule has 0 radical (unpaired) electrons. The van der Waals surface area contributed by atoms with Crippen LogP contribution in [0.1, 0.15) is 6.92 Å². The van der Waals surface area contributed by atoms with E-state index in [0.29, 0.717) is 0 Å². The fourth-order valence-electron chi connectivity index (χ4n) is 0.386. The Morgan fingerprint density at radius 3 is 2.42 bits per heavy atom. The molecule has 1 N–H and O–H groups in total. The molecular formula is C6H9F3O3. The number of rotatable bonds is 5. The number of carboxylic acids is 1. The van der Waals surface area contributed by atoms with Gasteiger partial charge in [-0.1, -0.05) is 0 Å². The van der Waals surface area contributed by atoms with Crippen LogP contribution in [0.5, 0.6) is 0 Å². The quantitative estimate of drug-likeness (QED) is 0.698. The molecule has 6 heteroatoms. The lowest BCUT2D eigenvalue weighted by atomic mass is 10.1. The van der Waals surface area contributed by atoms with Crippen molar-refractivity contribution in [3.8, 4) is 0 Å². The van der Waals surface area contributed by atoms with Crippen LogP contribution in [-0.2, 0) is 9.53 Å². The molecule has 0 heterocycles. The maximum absolute atomic E-state index is 12.0. The average molecular weight is 186 g/mol. The highest BCUT2D eigenvalue weighted by Gasteiger charge is 2.36. The third-order valence-corrected chi connectivity index (χ3v) is 1.25. The number of carboxylic acid groups (broad SMARTS) is 1. The van der Waals surface area contributed by atoms with E-state index in [1.54, 1.807) is 0 Å². The Bertz CT molecular complexity index is 162. The summed E-state index contributed by atoms with van der Waals surface area (Å²) in [5.74, 6) is -1.41. The summed E-state index contributed by atoms with van der Waals surface area (Å²) in [7, 11) is 0. The molecule has 0 aliphatic heterocycles. The molecular weight excluding hydrogens is 177 g/mol. The lowest BCUT2D eigenvalue weighted by Crippen LogP contribution is -2.40. The second-order valence-corrected chi connectivity index (χ2v) is 2.43. The van der Waals surface area contributed by atoms with Crippen LogP contribution in [0.25, 0.3) is 0 Å². The maximum atomic E-state index is 12.0. The van der Waals surface area contributed by atoms with Crippen molar-refractivity contribution in [1.29, 1.82) is 0 Å². The van der Waals surface area contributed by atoms with E-state index in [-0.39, 0.29) is 0 Å². The molecule has 1 atom stereocenters. The van der Waals surface area contributed by atoms with Crippen LogP contribution in [-0.4, -0.2) is 36.4 Å². The first-order valence-electron chi connectivity index (χ1n) is 3.12. The summed E-state index contributed by atoms with van der Waals surface area (Å²) in [6, 6.07) is 0. The first-order valence-corrected chi connectivity index (χ1v) is 3.12. The molecule has 0 rings (SSSR count). The van der Waals surface area contributed by atoms with Gasteiger partial charge in [-0.3, -0.25) is 0 Å². The highest BCUT2D eigenvalue weighted by Crippen LogP contribution is 2.20. The van der Waals surface area contributed by atoms with Gasteiger partial charge in [0.05, 0.1) is 0 Å². The van der Waals surface area contributed by atoms with Gasteiger partial charge in [-0.15, -0.1) is 0 Å². The molecule has 0 saturated heterocycles. The van der Waals surface area contributed by atoms with Crippen molar-refractivity contribution < 1.29 is 27.8 Å². The molecule has 0 aromatic heterocycles.